The number of aliphatic hydroxyl groups excluding tert-OH is 3. The number of carbonyl (C=O) groups excluding carboxylic acids is 1. The van der Waals surface area contributed by atoms with Crippen LogP contribution >= 0.6 is 0 Å². The van der Waals surface area contributed by atoms with E-state index < -0.39 is 121 Å². The average Bonchev–Trinajstić information content (AvgIpc) is 4.12. The Bertz CT molecular complexity index is 2350. The molecule has 0 amide bonds. The van der Waals surface area contributed by atoms with Gasteiger partial charge < -0.3 is 68.5 Å². The molecule has 22 heteroatoms. The second-order valence-corrected chi connectivity index (χ2v) is 23.9. The number of hydrogen-bond acceptors (Lipinski definition) is 19. The smallest absolute Gasteiger partial charge is 0.308 e. The third kappa shape index (κ3) is 15.3. The Labute approximate surface area is 467 Å². The normalized spacial score (nSPS) is 37.0. The molecule has 3 aromatic rings. The number of ether oxygens (including phenoxy) is 7. The molecular weight excluding hydrogens is 1020 g/mol. The van der Waals surface area contributed by atoms with Crippen LogP contribution in [0.3, 0.4) is 0 Å². The first-order chi connectivity index (χ1) is 37.2. The lowest BCUT2D eigenvalue weighted by molar-refractivity contribution is -0.315. The molecule has 21 nitrogen and oxygen atoms in total. The first-order valence-corrected chi connectivity index (χ1v) is 28.5. The highest BCUT2D eigenvalue weighted by molar-refractivity contribution is 5.70. The summed E-state index contributed by atoms with van der Waals surface area (Å²) >= 11 is 0. The van der Waals surface area contributed by atoms with Crippen LogP contribution in [0.1, 0.15) is 156 Å². The number of likely N-dealkylation sites (N-methyl/N-ethyl adjacent to an activating group) is 2. The van der Waals surface area contributed by atoms with Crippen LogP contribution in [-0.4, -0.2) is 210 Å². The van der Waals surface area contributed by atoms with Crippen molar-refractivity contribution in [3.05, 3.63) is 53.6 Å². The molecule has 0 spiro atoms. The first-order valence-electron chi connectivity index (χ1n) is 28.5. The van der Waals surface area contributed by atoms with E-state index in [4.69, 9.17) is 33.2 Å². The monoisotopic (exact) mass is 1120 g/mol. The second kappa shape index (κ2) is 27.6. The number of cyclic esters (lactones) is 1. The maximum atomic E-state index is 15.0. The quantitative estimate of drug-likeness (QED) is 0.0963. The van der Waals surface area contributed by atoms with E-state index in [1.165, 1.54) is 25.8 Å². The summed E-state index contributed by atoms with van der Waals surface area (Å²) in [5, 5.41) is 77.1. The molecular formula is C57H95FN8O13. The first kappa shape index (κ1) is 64.5. The van der Waals surface area contributed by atoms with Crippen LogP contribution in [0.25, 0.3) is 5.69 Å². The van der Waals surface area contributed by atoms with Crippen LogP contribution in [0.5, 0.6) is 0 Å². The lowest BCUT2D eigenvalue weighted by Crippen LogP contribution is -2.60. The third-order valence-electron chi connectivity index (χ3n) is 17.3. The van der Waals surface area contributed by atoms with Gasteiger partial charge in [0.25, 0.3) is 0 Å². The fourth-order valence-corrected chi connectivity index (χ4v) is 12.2. The molecule has 79 heavy (non-hydrogen) atoms. The molecule has 3 saturated heterocycles. The van der Waals surface area contributed by atoms with Gasteiger partial charge in [-0.25, -0.2) is 13.8 Å². The SMILES string of the molecule is CCCC(C)c1cn(-c2ccc([C@@H](OC)[C@@H](CF)n3cc(CCN(C)[C@H]4C[C@@H](C)O[C@@H](O[C@@H]5[C@@H](C)[C@H](O[C@H]6C[C@@](C)(OC)[C@@H](O)[C@H](C)O6)CC(=O)O[C@H](CC)[C@@](C)(O)[C@H](O)[C@@H](C)N(C)C[C@H](C)C[C@@]5(C)O)[C@@H]4O)nn3)cc2)nn1. The van der Waals surface area contributed by atoms with E-state index in [2.05, 4.69) is 34.5 Å². The van der Waals surface area contributed by atoms with Crippen LogP contribution in [0.2, 0.25) is 0 Å². The molecule has 0 bridgehead atoms. The lowest BCUT2D eigenvalue weighted by Gasteiger charge is -2.48. The molecule has 5 heterocycles. The molecule has 1 unspecified atom stereocenters. The van der Waals surface area contributed by atoms with Gasteiger partial charge in [0.05, 0.1) is 65.3 Å². The number of rotatable bonds is 19. The van der Waals surface area contributed by atoms with Crippen LogP contribution < -0.4 is 0 Å². The Hall–Kier alpha value is -3.62. The number of aromatic nitrogens is 6. The summed E-state index contributed by atoms with van der Waals surface area (Å²) in [6, 6.07) is 5.69. The highest BCUT2D eigenvalue weighted by Crippen LogP contribution is 2.40. The molecule has 3 aliphatic heterocycles. The summed E-state index contributed by atoms with van der Waals surface area (Å²) in [7, 11) is 6.75. The number of alkyl halides is 1. The Morgan fingerprint density at radius 2 is 1.63 bits per heavy atom. The van der Waals surface area contributed by atoms with Gasteiger partial charge in [0, 0.05) is 70.3 Å². The molecule has 3 aliphatic rings. The maximum Gasteiger partial charge on any atom is 0.308 e. The number of hydrogen-bond donors (Lipinski definition) is 5. The minimum absolute atomic E-state index is 0.0888. The summed E-state index contributed by atoms with van der Waals surface area (Å²) in [4.78, 5) is 18.1. The van der Waals surface area contributed by atoms with E-state index in [1.54, 1.807) is 52.4 Å². The molecule has 1 aromatic carbocycles. The number of methoxy groups -OCH3 is 2. The Kier molecular flexibility index (Phi) is 22.6. The second-order valence-electron chi connectivity index (χ2n) is 23.9. The van der Waals surface area contributed by atoms with Gasteiger partial charge in [-0.2, -0.15) is 0 Å². The molecule has 5 N–H and O–H groups in total. The van der Waals surface area contributed by atoms with Gasteiger partial charge in [-0.3, -0.25) is 4.79 Å². The molecule has 0 aliphatic carbocycles. The van der Waals surface area contributed by atoms with Gasteiger partial charge in [0.2, 0.25) is 0 Å². The van der Waals surface area contributed by atoms with Gasteiger partial charge >= 0.3 is 5.97 Å². The van der Waals surface area contributed by atoms with Crippen molar-refractivity contribution in [2.24, 2.45) is 11.8 Å². The molecule has 20 atom stereocenters. The van der Waals surface area contributed by atoms with Gasteiger partial charge in [-0.05, 0) is 105 Å². The van der Waals surface area contributed by atoms with Gasteiger partial charge in [0.1, 0.15) is 48.8 Å². The van der Waals surface area contributed by atoms with Crippen molar-refractivity contribution in [3.63, 3.8) is 0 Å². The minimum atomic E-state index is -1.84. The van der Waals surface area contributed by atoms with Crippen molar-refractivity contribution in [3.8, 4) is 5.69 Å². The fraction of sp³-hybridized carbons (Fsp3) is 0.807. The summed E-state index contributed by atoms with van der Waals surface area (Å²) in [5.41, 5.74) is -1.46. The maximum absolute atomic E-state index is 15.0. The highest BCUT2D eigenvalue weighted by atomic mass is 19.1. The number of halogens is 1. The molecule has 0 radical (unpaired) electrons. The van der Waals surface area contributed by atoms with E-state index in [0.717, 1.165) is 29.8 Å². The highest BCUT2D eigenvalue weighted by Gasteiger charge is 2.51. The number of carbonyl (C=O) groups is 1. The van der Waals surface area contributed by atoms with Crippen molar-refractivity contribution in [1.29, 1.82) is 0 Å². The molecule has 6 rings (SSSR count). The van der Waals surface area contributed by atoms with E-state index in [9.17, 15) is 30.3 Å². The van der Waals surface area contributed by atoms with E-state index in [0.29, 0.717) is 37.5 Å². The van der Waals surface area contributed by atoms with Crippen molar-refractivity contribution in [2.45, 2.75) is 236 Å². The fourth-order valence-electron chi connectivity index (χ4n) is 12.2. The predicted molar refractivity (Wildman–Crippen MR) is 292 cm³/mol. The van der Waals surface area contributed by atoms with E-state index in [-0.39, 0.29) is 31.6 Å². The van der Waals surface area contributed by atoms with Crippen LogP contribution in [0.4, 0.5) is 4.39 Å². The standard InChI is InChI=1S/C57H95FN8O13/c1-16-18-34(4)42-32-65(62-60-42)41-21-19-39(20-22-41)50(73-14)44(29-58)66-31-40(59-61-66)23-24-63(12)43-25-35(5)75-54(49(43)68)79-53-36(6)45(77-48-28-56(10,74-15)52(70)38(8)76-48)26-47(67)78-46(17-2)57(11,72)51(69)37(7)64(13)30-33(3)27-55(53,9)71/h19-22,31-38,43-46,48-54,68-72H,16-18,23-30H2,1-15H3/t33-,34?,35-,36+,37-,38+,43+,44-,45-,46-,48+,49-,50-,51-,52+,53-,54+,55-,56-,57-/m1/s1. The Balaban J connectivity index is 1.22. The van der Waals surface area contributed by atoms with Gasteiger partial charge in [-0.1, -0.05) is 63.6 Å². The summed E-state index contributed by atoms with van der Waals surface area (Å²) in [5.74, 6) is -1.48. The molecule has 448 valence electrons. The van der Waals surface area contributed by atoms with E-state index in [1.807, 2.05) is 68.2 Å². The zero-order chi connectivity index (χ0) is 58.3. The number of nitrogens with zero attached hydrogens (tertiary/aromatic N) is 8. The van der Waals surface area contributed by atoms with Crippen molar-refractivity contribution in [2.75, 3.05) is 48.1 Å². The van der Waals surface area contributed by atoms with E-state index >= 15 is 4.39 Å². The largest absolute Gasteiger partial charge is 0.459 e. The Morgan fingerprint density at radius 3 is 2.27 bits per heavy atom. The van der Waals surface area contributed by atoms with Crippen LogP contribution in [-0.2, 0) is 44.4 Å². The number of aliphatic hydroxyl groups is 5. The number of benzene rings is 1. The third-order valence-corrected chi connectivity index (χ3v) is 17.3. The zero-order valence-electron chi connectivity index (χ0n) is 49.5. The summed E-state index contributed by atoms with van der Waals surface area (Å²) < 4.78 is 62.2. The topological polar surface area (TPSA) is 251 Å². The zero-order valence-corrected chi connectivity index (χ0v) is 49.5. The summed E-state index contributed by atoms with van der Waals surface area (Å²) in [6.45, 7) is 20.1. The molecule has 3 fully saturated rings. The van der Waals surface area contributed by atoms with Gasteiger partial charge in [-0.15, -0.1) is 10.2 Å². The average molecular weight is 1120 g/mol. The van der Waals surface area contributed by atoms with Gasteiger partial charge in [0.15, 0.2) is 12.6 Å². The summed E-state index contributed by atoms with van der Waals surface area (Å²) in [6.07, 6.45) is -4.31. The minimum Gasteiger partial charge on any atom is -0.459 e. The molecule has 2 aromatic heterocycles. The van der Waals surface area contributed by atoms with Crippen molar-refractivity contribution in [1.82, 2.24) is 39.8 Å². The van der Waals surface area contributed by atoms with Crippen molar-refractivity contribution < 1.29 is 67.9 Å². The lowest BCUT2D eigenvalue weighted by atomic mass is 9.79. The van der Waals surface area contributed by atoms with Crippen LogP contribution in [0, 0.1) is 11.8 Å². The van der Waals surface area contributed by atoms with Crippen molar-refractivity contribution >= 4 is 5.97 Å². The molecule has 0 saturated carbocycles. The Morgan fingerprint density at radius 1 is 0.937 bits per heavy atom. The predicted octanol–water partition coefficient (Wildman–Crippen LogP) is 5.24. The van der Waals surface area contributed by atoms with Crippen LogP contribution in [0.15, 0.2) is 36.7 Å². The number of esters is 1.